The van der Waals surface area contributed by atoms with Crippen LogP contribution < -0.4 is 5.32 Å². The van der Waals surface area contributed by atoms with Crippen molar-refractivity contribution in [2.75, 3.05) is 31.5 Å². The Morgan fingerprint density at radius 1 is 1.42 bits per heavy atom. The molecule has 3 heterocycles. The van der Waals surface area contributed by atoms with Crippen molar-refractivity contribution in [3.8, 4) is 0 Å². The van der Waals surface area contributed by atoms with E-state index in [-0.39, 0.29) is 6.54 Å². The summed E-state index contributed by atoms with van der Waals surface area (Å²) < 4.78 is 0. The summed E-state index contributed by atoms with van der Waals surface area (Å²) in [4.78, 5) is 17.7. The molecule has 1 fully saturated rings. The molecular weight excluding hydrogens is 302 g/mol. The lowest BCUT2D eigenvalue weighted by Crippen LogP contribution is -2.37. The lowest BCUT2D eigenvalue weighted by molar-refractivity contribution is -0.138. The van der Waals surface area contributed by atoms with Gasteiger partial charge in [0.15, 0.2) is 0 Å². The second kappa shape index (κ2) is 7.97. The number of nitrogens with zero attached hydrogens (tertiary/aromatic N) is 2. The summed E-state index contributed by atoms with van der Waals surface area (Å²) in [5.41, 5.74) is 2.55. The fourth-order valence-corrected chi connectivity index (χ4v) is 3.88. The number of pyridine rings is 1. The van der Waals surface area contributed by atoms with Crippen LogP contribution in [0.1, 0.15) is 56.2 Å². The van der Waals surface area contributed by atoms with Gasteiger partial charge in [-0.05, 0) is 75.1 Å². The van der Waals surface area contributed by atoms with Crippen molar-refractivity contribution in [2.45, 2.75) is 51.4 Å². The standard InChI is InChI=1S/C19H29N3O2/c1-14(17-7-6-16-3-2-10-20-19(16)21-17)4-5-15-8-11-22(12-9-15)13-18(23)24/h6-7,14-15H,2-5,8-13H2,1H3,(H,20,21)(H,23,24). The van der Waals surface area contributed by atoms with Crippen molar-refractivity contribution < 1.29 is 9.90 Å². The van der Waals surface area contributed by atoms with Gasteiger partial charge in [-0.2, -0.15) is 0 Å². The first kappa shape index (κ1) is 17.2. The van der Waals surface area contributed by atoms with Crippen LogP contribution in [0, 0.1) is 5.92 Å². The number of aliphatic carboxylic acids is 1. The maximum Gasteiger partial charge on any atom is 0.317 e. The van der Waals surface area contributed by atoms with E-state index in [4.69, 9.17) is 10.1 Å². The second-order valence-corrected chi connectivity index (χ2v) is 7.37. The van der Waals surface area contributed by atoms with Gasteiger partial charge in [0.25, 0.3) is 0 Å². The Kier molecular flexibility index (Phi) is 5.72. The first-order valence-corrected chi connectivity index (χ1v) is 9.29. The maximum absolute atomic E-state index is 10.8. The van der Waals surface area contributed by atoms with E-state index in [0.29, 0.717) is 5.92 Å². The van der Waals surface area contributed by atoms with Gasteiger partial charge in [0.05, 0.1) is 6.54 Å². The summed E-state index contributed by atoms with van der Waals surface area (Å²) >= 11 is 0. The number of carboxylic acid groups (broad SMARTS) is 1. The average Bonchev–Trinajstić information content (AvgIpc) is 2.60. The summed E-state index contributed by atoms with van der Waals surface area (Å²) in [6, 6.07) is 4.44. The number of aromatic nitrogens is 1. The zero-order chi connectivity index (χ0) is 16.9. The van der Waals surface area contributed by atoms with Gasteiger partial charge in [0, 0.05) is 12.2 Å². The zero-order valence-electron chi connectivity index (χ0n) is 14.6. The number of anilines is 1. The van der Waals surface area contributed by atoms with Gasteiger partial charge in [-0.3, -0.25) is 9.69 Å². The van der Waals surface area contributed by atoms with Crippen LogP contribution in [0.4, 0.5) is 5.82 Å². The van der Waals surface area contributed by atoms with E-state index in [0.717, 1.165) is 57.1 Å². The number of nitrogens with one attached hydrogen (secondary N) is 1. The lowest BCUT2D eigenvalue weighted by atomic mass is 9.88. The first-order valence-electron chi connectivity index (χ1n) is 9.29. The summed E-state index contributed by atoms with van der Waals surface area (Å²) in [5, 5.41) is 12.3. The molecular formula is C19H29N3O2. The molecule has 1 unspecified atom stereocenters. The molecule has 2 aliphatic rings. The third-order valence-electron chi connectivity index (χ3n) is 5.49. The molecule has 2 N–H and O–H groups in total. The number of hydrogen-bond acceptors (Lipinski definition) is 4. The van der Waals surface area contributed by atoms with Crippen LogP contribution in [-0.2, 0) is 11.2 Å². The first-order chi connectivity index (χ1) is 11.6. The number of hydrogen-bond donors (Lipinski definition) is 2. The summed E-state index contributed by atoms with van der Waals surface area (Å²) in [6.45, 7) is 5.34. The van der Waals surface area contributed by atoms with E-state index in [1.807, 2.05) is 0 Å². The largest absolute Gasteiger partial charge is 0.480 e. The third-order valence-corrected chi connectivity index (χ3v) is 5.49. The Balaban J connectivity index is 1.46. The maximum atomic E-state index is 10.8. The molecule has 0 saturated carbocycles. The summed E-state index contributed by atoms with van der Waals surface area (Å²) in [7, 11) is 0. The summed E-state index contributed by atoms with van der Waals surface area (Å²) in [5.74, 6) is 1.59. The van der Waals surface area contributed by atoms with Crippen molar-refractivity contribution in [2.24, 2.45) is 5.92 Å². The highest BCUT2D eigenvalue weighted by Gasteiger charge is 2.21. The van der Waals surface area contributed by atoms with Crippen molar-refractivity contribution >= 4 is 11.8 Å². The lowest BCUT2D eigenvalue weighted by Gasteiger charge is -2.31. The number of rotatable bonds is 6. The molecule has 0 aliphatic carbocycles. The highest BCUT2D eigenvalue weighted by molar-refractivity contribution is 5.69. The minimum absolute atomic E-state index is 0.190. The fraction of sp³-hybridized carbons (Fsp3) is 0.684. The van der Waals surface area contributed by atoms with Crippen LogP contribution in [0.2, 0.25) is 0 Å². The van der Waals surface area contributed by atoms with Crippen LogP contribution in [0.5, 0.6) is 0 Å². The molecule has 0 bridgehead atoms. The van der Waals surface area contributed by atoms with E-state index in [9.17, 15) is 4.79 Å². The van der Waals surface area contributed by atoms with Gasteiger partial charge in [-0.25, -0.2) is 4.98 Å². The molecule has 5 heteroatoms. The number of carboxylic acids is 1. The van der Waals surface area contributed by atoms with E-state index in [2.05, 4.69) is 29.3 Å². The second-order valence-electron chi connectivity index (χ2n) is 7.37. The quantitative estimate of drug-likeness (QED) is 0.838. The van der Waals surface area contributed by atoms with E-state index >= 15 is 0 Å². The predicted molar refractivity (Wildman–Crippen MR) is 95.5 cm³/mol. The molecule has 0 radical (unpaired) electrons. The Morgan fingerprint density at radius 2 is 2.21 bits per heavy atom. The van der Waals surface area contributed by atoms with Gasteiger partial charge in [0.2, 0.25) is 0 Å². The van der Waals surface area contributed by atoms with Crippen molar-refractivity contribution in [1.82, 2.24) is 9.88 Å². The minimum atomic E-state index is -0.714. The average molecular weight is 331 g/mol. The van der Waals surface area contributed by atoms with Crippen molar-refractivity contribution in [1.29, 1.82) is 0 Å². The smallest absolute Gasteiger partial charge is 0.317 e. The zero-order valence-corrected chi connectivity index (χ0v) is 14.6. The van der Waals surface area contributed by atoms with E-state index in [1.165, 1.54) is 24.1 Å². The Hall–Kier alpha value is -1.62. The van der Waals surface area contributed by atoms with Gasteiger partial charge in [-0.15, -0.1) is 0 Å². The Morgan fingerprint density at radius 3 is 2.96 bits per heavy atom. The molecule has 1 aromatic heterocycles. The van der Waals surface area contributed by atoms with E-state index < -0.39 is 5.97 Å². The molecule has 0 aromatic carbocycles. The minimum Gasteiger partial charge on any atom is -0.480 e. The summed E-state index contributed by atoms with van der Waals surface area (Å²) in [6.07, 6.45) is 6.96. The SMILES string of the molecule is CC(CCC1CCN(CC(=O)O)CC1)c1ccc2c(n1)NCCC2. The molecule has 1 saturated heterocycles. The molecule has 24 heavy (non-hydrogen) atoms. The number of piperidine rings is 1. The Bertz CT molecular complexity index is 568. The number of carbonyl (C=O) groups is 1. The molecule has 1 atom stereocenters. The molecule has 0 spiro atoms. The van der Waals surface area contributed by atoms with Crippen molar-refractivity contribution in [3.05, 3.63) is 23.4 Å². The molecule has 132 valence electrons. The van der Waals surface area contributed by atoms with Crippen LogP contribution in [0.15, 0.2) is 12.1 Å². The number of likely N-dealkylation sites (tertiary alicyclic amines) is 1. The topological polar surface area (TPSA) is 65.5 Å². The van der Waals surface area contributed by atoms with Crippen LogP contribution >= 0.6 is 0 Å². The van der Waals surface area contributed by atoms with Crippen LogP contribution in [-0.4, -0.2) is 47.1 Å². The highest BCUT2D eigenvalue weighted by Crippen LogP contribution is 2.29. The molecule has 1 aromatic rings. The van der Waals surface area contributed by atoms with Gasteiger partial charge >= 0.3 is 5.97 Å². The predicted octanol–water partition coefficient (Wildman–Crippen LogP) is 3.12. The highest BCUT2D eigenvalue weighted by atomic mass is 16.4. The van der Waals surface area contributed by atoms with Crippen LogP contribution in [0.25, 0.3) is 0 Å². The Labute approximate surface area is 144 Å². The molecule has 5 nitrogen and oxygen atoms in total. The van der Waals surface area contributed by atoms with Gasteiger partial charge in [0.1, 0.15) is 5.82 Å². The van der Waals surface area contributed by atoms with E-state index in [1.54, 1.807) is 0 Å². The van der Waals surface area contributed by atoms with Gasteiger partial charge < -0.3 is 10.4 Å². The van der Waals surface area contributed by atoms with Gasteiger partial charge in [-0.1, -0.05) is 13.0 Å². The molecule has 3 rings (SSSR count). The third kappa shape index (κ3) is 4.47. The number of fused-ring (bicyclic) bond motifs is 1. The van der Waals surface area contributed by atoms with Crippen LogP contribution in [0.3, 0.4) is 0 Å². The molecule has 0 amide bonds. The normalized spacial score (nSPS) is 20.2. The number of aryl methyl sites for hydroxylation is 1. The molecule has 2 aliphatic heterocycles. The van der Waals surface area contributed by atoms with Crippen molar-refractivity contribution in [3.63, 3.8) is 0 Å². The monoisotopic (exact) mass is 331 g/mol. The fourth-order valence-electron chi connectivity index (χ4n) is 3.88.